The molecule has 0 unspecified atom stereocenters. The normalized spacial score (nSPS) is 14.9. The highest BCUT2D eigenvalue weighted by Gasteiger charge is 2.21. The highest BCUT2D eigenvalue weighted by atomic mass is 16.2. The van der Waals surface area contributed by atoms with E-state index in [4.69, 9.17) is 0 Å². The molecule has 1 fully saturated rings. The molecule has 8 nitrogen and oxygen atoms in total. The van der Waals surface area contributed by atoms with Gasteiger partial charge in [0, 0.05) is 33.1 Å². The largest absolute Gasteiger partial charge is 0.339 e. The summed E-state index contributed by atoms with van der Waals surface area (Å²) in [6, 6.07) is 9.59. The average Bonchev–Trinajstić information content (AvgIpc) is 3.07. The van der Waals surface area contributed by atoms with Gasteiger partial charge in [0.15, 0.2) is 5.65 Å². The molecule has 4 rings (SSSR count). The Morgan fingerprint density at radius 1 is 1.12 bits per heavy atom. The standard InChI is InChI=1S/C17H18N6O2/c1-12(24)21-7-9-22(10-8-21)17-19-15-14(16(25)20-17)11-18-23(15)13-5-3-2-4-6-13/h2-6,11H,7-10H2,1H3,(H,19,20,25). The quantitative estimate of drug-likeness (QED) is 0.746. The van der Waals surface area contributed by atoms with Gasteiger partial charge in [-0.3, -0.25) is 14.6 Å². The molecule has 0 bridgehead atoms. The van der Waals surface area contributed by atoms with Gasteiger partial charge in [-0.15, -0.1) is 0 Å². The summed E-state index contributed by atoms with van der Waals surface area (Å²) in [6.45, 7) is 4.07. The lowest BCUT2D eigenvalue weighted by Crippen LogP contribution is -2.48. The summed E-state index contributed by atoms with van der Waals surface area (Å²) in [4.78, 5) is 35.1. The molecule has 2 aromatic heterocycles. The van der Waals surface area contributed by atoms with Crippen LogP contribution in [0, 0.1) is 0 Å². The van der Waals surface area contributed by atoms with Gasteiger partial charge in [-0.25, -0.2) is 4.68 Å². The number of piperazine rings is 1. The van der Waals surface area contributed by atoms with Gasteiger partial charge in [-0.1, -0.05) is 18.2 Å². The van der Waals surface area contributed by atoms with Crippen LogP contribution in [-0.2, 0) is 4.79 Å². The van der Waals surface area contributed by atoms with Crippen LogP contribution in [0.4, 0.5) is 5.95 Å². The second-order valence-electron chi connectivity index (χ2n) is 6.01. The van der Waals surface area contributed by atoms with Crippen molar-refractivity contribution in [2.45, 2.75) is 6.92 Å². The first-order valence-corrected chi connectivity index (χ1v) is 8.17. The molecule has 0 saturated carbocycles. The Morgan fingerprint density at radius 2 is 1.84 bits per heavy atom. The molecule has 1 aliphatic rings. The number of hydrogen-bond donors (Lipinski definition) is 1. The van der Waals surface area contributed by atoms with E-state index in [9.17, 15) is 9.59 Å². The van der Waals surface area contributed by atoms with Crippen LogP contribution >= 0.6 is 0 Å². The van der Waals surface area contributed by atoms with E-state index in [1.165, 1.54) is 6.20 Å². The minimum absolute atomic E-state index is 0.0682. The van der Waals surface area contributed by atoms with E-state index in [0.717, 1.165) is 5.69 Å². The maximum absolute atomic E-state index is 12.4. The van der Waals surface area contributed by atoms with Crippen molar-refractivity contribution in [2.24, 2.45) is 0 Å². The van der Waals surface area contributed by atoms with Crippen molar-refractivity contribution < 1.29 is 4.79 Å². The fraction of sp³-hybridized carbons (Fsp3) is 0.294. The van der Waals surface area contributed by atoms with Crippen LogP contribution in [0.1, 0.15) is 6.92 Å². The summed E-state index contributed by atoms with van der Waals surface area (Å²) in [5, 5.41) is 4.76. The van der Waals surface area contributed by atoms with Crippen LogP contribution in [0.15, 0.2) is 41.3 Å². The molecule has 1 N–H and O–H groups in total. The summed E-state index contributed by atoms with van der Waals surface area (Å²) in [5.74, 6) is 0.581. The highest BCUT2D eigenvalue weighted by Crippen LogP contribution is 2.17. The zero-order valence-corrected chi connectivity index (χ0v) is 13.8. The first kappa shape index (κ1) is 15.4. The number of anilines is 1. The van der Waals surface area contributed by atoms with E-state index in [0.29, 0.717) is 43.2 Å². The number of carbonyl (C=O) groups excluding carboxylic acids is 1. The Labute approximate surface area is 143 Å². The predicted octanol–water partition coefficient (Wildman–Crippen LogP) is 0.777. The predicted molar refractivity (Wildman–Crippen MR) is 94.0 cm³/mol. The fourth-order valence-electron chi connectivity index (χ4n) is 3.05. The Bertz CT molecular complexity index is 970. The van der Waals surface area contributed by atoms with Crippen molar-refractivity contribution in [1.29, 1.82) is 0 Å². The number of para-hydroxylation sites is 1. The maximum atomic E-state index is 12.4. The van der Waals surface area contributed by atoms with Crippen LogP contribution in [0.2, 0.25) is 0 Å². The van der Waals surface area contributed by atoms with E-state index in [1.54, 1.807) is 16.5 Å². The summed E-state index contributed by atoms with van der Waals surface area (Å²) < 4.78 is 1.67. The van der Waals surface area contributed by atoms with Crippen molar-refractivity contribution in [1.82, 2.24) is 24.6 Å². The lowest BCUT2D eigenvalue weighted by molar-refractivity contribution is -0.129. The molecule has 25 heavy (non-hydrogen) atoms. The number of aromatic amines is 1. The number of fused-ring (bicyclic) bond motifs is 1. The number of carbonyl (C=O) groups is 1. The molecule has 0 aliphatic carbocycles. The Hall–Kier alpha value is -3.16. The topological polar surface area (TPSA) is 87.1 Å². The van der Waals surface area contributed by atoms with Crippen molar-refractivity contribution >= 4 is 22.9 Å². The lowest BCUT2D eigenvalue weighted by Gasteiger charge is -2.34. The second-order valence-corrected chi connectivity index (χ2v) is 6.01. The zero-order chi connectivity index (χ0) is 17.4. The lowest BCUT2D eigenvalue weighted by atomic mass is 10.3. The van der Waals surface area contributed by atoms with E-state index in [-0.39, 0.29) is 11.5 Å². The van der Waals surface area contributed by atoms with Gasteiger partial charge in [-0.05, 0) is 12.1 Å². The summed E-state index contributed by atoms with van der Waals surface area (Å²) in [7, 11) is 0. The molecule has 0 radical (unpaired) electrons. The van der Waals surface area contributed by atoms with Gasteiger partial charge >= 0.3 is 0 Å². The zero-order valence-electron chi connectivity index (χ0n) is 13.8. The van der Waals surface area contributed by atoms with E-state index >= 15 is 0 Å². The third-order valence-corrected chi connectivity index (χ3v) is 4.45. The number of nitrogens with one attached hydrogen (secondary N) is 1. The molecule has 0 spiro atoms. The molecule has 0 atom stereocenters. The smallest absolute Gasteiger partial charge is 0.263 e. The summed E-state index contributed by atoms with van der Waals surface area (Å²) >= 11 is 0. The third-order valence-electron chi connectivity index (χ3n) is 4.45. The summed E-state index contributed by atoms with van der Waals surface area (Å²) in [5.41, 5.74) is 1.16. The number of hydrogen-bond acceptors (Lipinski definition) is 5. The molecule has 1 aliphatic heterocycles. The van der Waals surface area contributed by atoms with Crippen LogP contribution in [0.25, 0.3) is 16.7 Å². The number of nitrogens with zero attached hydrogens (tertiary/aromatic N) is 5. The van der Waals surface area contributed by atoms with Gasteiger partial charge < -0.3 is 9.80 Å². The minimum Gasteiger partial charge on any atom is -0.339 e. The molecule has 1 aromatic carbocycles. The molecule has 128 valence electrons. The number of H-pyrrole nitrogens is 1. The first-order chi connectivity index (χ1) is 12.1. The van der Waals surface area contributed by atoms with E-state index < -0.39 is 0 Å². The van der Waals surface area contributed by atoms with Crippen molar-refractivity contribution in [3.8, 4) is 5.69 Å². The second kappa shape index (κ2) is 6.04. The molecule has 1 amide bonds. The Kier molecular flexibility index (Phi) is 3.72. The van der Waals surface area contributed by atoms with Gasteiger partial charge in [0.25, 0.3) is 5.56 Å². The number of benzene rings is 1. The van der Waals surface area contributed by atoms with Crippen LogP contribution < -0.4 is 10.5 Å². The van der Waals surface area contributed by atoms with Gasteiger partial charge in [-0.2, -0.15) is 10.1 Å². The number of rotatable bonds is 2. The SMILES string of the molecule is CC(=O)N1CCN(c2nc3c(cnn3-c3ccccc3)c(=O)[nH]2)CC1. The van der Waals surface area contributed by atoms with E-state index in [2.05, 4.69) is 15.1 Å². The fourth-order valence-corrected chi connectivity index (χ4v) is 3.05. The number of amides is 1. The van der Waals surface area contributed by atoms with Gasteiger partial charge in [0.1, 0.15) is 5.39 Å². The van der Waals surface area contributed by atoms with Crippen LogP contribution in [0.5, 0.6) is 0 Å². The Balaban J connectivity index is 1.72. The highest BCUT2D eigenvalue weighted by molar-refractivity contribution is 5.76. The van der Waals surface area contributed by atoms with Crippen molar-refractivity contribution in [3.63, 3.8) is 0 Å². The maximum Gasteiger partial charge on any atom is 0.263 e. The first-order valence-electron chi connectivity index (χ1n) is 8.17. The monoisotopic (exact) mass is 338 g/mol. The number of aromatic nitrogens is 4. The van der Waals surface area contributed by atoms with Crippen molar-refractivity contribution in [3.05, 3.63) is 46.9 Å². The molecule has 3 aromatic rings. The molecule has 8 heteroatoms. The Morgan fingerprint density at radius 3 is 2.52 bits per heavy atom. The minimum atomic E-state index is -0.212. The van der Waals surface area contributed by atoms with E-state index in [1.807, 2.05) is 35.2 Å². The summed E-state index contributed by atoms with van der Waals surface area (Å²) in [6.07, 6.45) is 1.53. The molecular formula is C17H18N6O2. The van der Waals surface area contributed by atoms with Gasteiger partial charge in [0.2, 0.25) is 11.9 Å². The average molecular weight is 338 g/mol. The molecule has 1 saturated heterocycles. The third kappa shape index (κ3) is 2.75. The molecular weight excluding hydrogens is 320 g/mol. The molecule has 3 heterocycles. The van der Waals surface area contributed by atoms with Crippen LogP contribution in [-0.4, -0.2) is 56.7 Å². The van der Waals surface area contributed by atoms with Crippen molar-refractivity contribution in [2.75, 3.05) is 31.1 Å². The van der Waals surface area contributed by atoms with Crippen LogP contribution in [0.3, 0.4) is 0 Å². The van der Waals surface area contributed by atoms with Gasteiger partial charge in [0.05, 0.1) is 11.9 Å².